The number of nitrogens with one attached hydrogen (secondary N) is 2. The fourth-order valence-electron chi connectivity index (χ4n) is 5.14. The molecular weight excluding hydrogens is 468 g/mol. The lowest BCUT2D eigenvalue weighted by molar-refractivity contribution is 0.441. The highest BCUT2D eigenvalue weighted by Gasteiger charge is 2.23. The summed E-state index contributed by atoms with van der Waals surface area (Å²) < 4.78 is 5.99. The van der Waals surface area contributed by atoms with Crippen molar-refractivity contribution in [3.8, 4) is 11.3 Å². The summed E-state index contributed by atoms with van der Waals surface area (Å²) in [7, 11) is 0. The van der Waals surface area contributed by atoms with Gasteiger partial charge in [0, 0.05) is 37.8 Å². The van der Waals surface area contributed by atoms with E-state index in [0.717, 1.165) is 54.9 Å². The molecule has 2 aromatic heterocycles. The van der Waals surface area contributed by atoms with E-state index in [-0.39, 0.29) is 0 Å². The molecule has 2 aliphatic heterocycles. The monoisotopic (exact) mass is 504 g/mol. The highest BCUT2D eigenvalue weighted by molar-refractivity contribution is 7.80. The van der Waals surface area contributed by atoms with Gasteiger partial charge >= 0.3 is 0 Å². The van der Waals surface area contributed by atoms with Crippen LogP contribution in [0.3, 0.4) is 0 Å². The molecule has 3 aromatic rings. The normalized spacial score (nSPS) is 20.3. The van der Waals surface area contributed by atoms with Crippen molar-refractivity contribution < 1.29 is 4.42 Å². The van der Waals surface area contributed by atoms with Gasteiger partial charge in [-0.2, -0.15) is 9.97 Å². The Morgan fingerprint density at radius 2 is 1.58 bits per heavy atom. The van der Waals surface area contributed by atoms with Crippen molar-refractivity contribution in [2.75, 3.05) is 41.3 Å². The number of hydrogen-bond donors (Lipinski definition) is 2. The molecule has 1 aromatic carbocycles. The zero-order valence-corrected chi connectivity index (χ0v) is 22.1. The van der Waals surface area contributed by atoms with Crippen LogP contribution in [0.25, 0.3) is 11.3 Å². The van der Waals surface area contributed by atoms with Crippen molar-refractivity contribution in [3.63, 3.8) is 0 Å². The predicted octanol–water partition coefficient (Wildman–Crippen LogP) is 5.70. The number of benzene rings is 1. The van der Waals surface area contributed by atoms with Crippen LogP contribution in [0.2, 0.25) is 0 Å². The standard InChI is InChI=1S/C28H36N6OS/c1-20-8-6-14-33(18-20)25-16-26(34-15-7-9-21(2)19-34)31-27(30-25)32-28(36)29-17-23-12-13-24(35-23)22-10-4-3-5-11-22/h3-5,10-13,16,20-21H,6-9,14-15,17-19H2,1-2H3,(H2,29,30,31,32,36)/t20-,21-/m0/s1. The molecule has 4 heterocycles. The van der Waals surface area contributed by atoms with E-state index in [9.17, 15) is 0 Å². The Balaban J connectivity index is 1.28. The van der Waals surface area contributed by atoms with Gasteiger partial charge in [-0.05, 0) is 61.9 Å². The summed E-state index contributed by atoms with van der Waals surface area (Å²) in [4.78, 5) is 14.5. The molecule has 0 saturated carbocycles. The van der Waals surface area contributed by atoms with E-state index >= 15 is 0 Å². The quantitative estimate of drug-likeness (QED) is 0.415. The molecule has 0 unspecified atom stereocenters. The molecule has 2 atom stereocenters. The smallest absolute Gasteiger partial charge is 0.232 e. The molecule has 0 bridgehead atoms. The number of piperidine rings is 2. The lowest BCUT2D eigenvalue weighted by Gasteiger charge is -2.35. The van der Waals surface area contributed by atoms with E-state index in [1.807, 2.05) is 42.5 Å². The number of nitrogens with zero attached hydrogens (tertiary/aromatic N) is 4. The highest BCUT2D eigenvalue weighted by atomic mass is 32.1. The Hall–Kier alpha value is -3.13. The number of hydrogen-bond acceptors (Lipinski definition) is 6. The van der Waals surface area contributed by atoms with Crippen molar-refractivity contribution >= 4 is 34.9 Å². The molecule has 36 heavy (non-hydrogen) atoms. The first-order chi connectivity index (χ1) is 17.5. The van der Waals surface area contributed by atoms with Crippen LogP contribution in [0.5, 0.6) is 0 Å². The van der Waals surface area contributed by atoms with E-state index in [1.54, 1.807) is 0 Å². The predicted molar refractivity (Wildman–Crippen MR) is 150 cm³/mol. The van der Waals surface area contributed by atoms with Gasteiger partial charge in [-0.25, -0.2) is 0 Å². The number of anilines is 3. The van der Waals surface area contributed by atoms with Gasteiger partial charge in [0.05, 0.1) is 6.54 Å². The molecule has 0 radical (unpaired) electrons. The van der Waals surface area contributed by atoms with Crippen LogP contribution in [0.4, 0.5) is 17.6 Å². The second kappa shape index (κ2) is 11.3. The fraction of sp³-hybridized carbons (Fsp3) is 0.464. The Labute approximate surface area is 219 Å². The second-order valence-electron chi connectivity index (χ2n) is 10.2. The van der Waals surface area contributed by atoms with Crippen molar-refractivity contribution in [3.05, 3.63) is 54.3 Å². The molecule has 5 rings (SSSR count). The largest absolute Gasteiger partial charge is 0.459 e. The third-order valence-electron chi connectivity index (χ3n) is 7.03. The maximum atomic E-state index is 5.99. The summed E-state index contributed by atoms with van der Waals surface area (Å²) in [6.45, 7) is 9.23. The zero-order chi connectivity index (χ0) is 24.9. The summed E-state index contributed by atoms with van der Waals surface area (Å²) >= 11 is 5.60. The van der Waals surface area contributed by atoms with Gasteiger partial charge in [0.1, 0.15) is 23.2 Å². The van der Waals surface area contributed by atoms with Crippen molar-refractivity contribution in [2.45, 2.75) is 46.1 Å². The van der Waals surface area contributed by atoms with Crippen LogP contribution in [0.1, 0.15) is 45.3 Å². The first kappa shape index (κ1) is 24.6. The fourth-order valence-corrected chi connectivity index (χ4v) is 5.30. The molecule has 190 valence electrons. The lowest BCUT2D eigenvalue weighted by Crippen LogP contribution is -2.37. The first-order valence-corrected chi connectivity index (χ1v) is 13.5. The summed E-state index contributed by atoms with van der Waals surface area (Å²) in [5.74, 6) is 5.50. The molecule has 8 heteroatoms. The minimum absolute atomic E-state index is 0.481. The SMILES string of the molecule is C[C@H]1CCCN(c2cc(N3CCC[C@H](C)C3)nc(NC(=S)NCc3ccc(-c4ccccc4)o3)n2)C1. The van der Waals surface area contributed by atoms with Crippen LogP contribution in [0, 0.1) is 11.8 Å². The summed E-state index contributed by atoms with van der Waals surface area (Å²) in [5.41, 5.74) is 1.06. The van der Waals surface area contributed by atoms with E-state index in [2.05, 4.69) is 40.3 Å². The van der Waals surface area contributed by atoms with Gasteiger partial charge in [0.2, 0.25) is 5.95 Å². The Bertz CT molecular complexity index is 1130. The summed E-state index contributed by atoms with van der Waals surface area (Å²) in [5, 5.41) is 6.96. The van der Waals surface area contributed by atoms with E-state index in [1.165, 1.54) is 25.7 Å². The maximum absolute atomic E-state index is 5.99. The number of aromatic nitrogens is 2. The van der Waals surface area contributed by atoms with Crippen LogP contribution in [0.15, 0.2) is 52.9 Å². The van der Waals surface area contributed by atoms with E-state index in [4.69, 9.17) is 26.6 Å². The average molecular weight is 505 g/mol. The van der Waals surface area contributed by atoms with Crippen molar-refractivity contribution in [1.29, 1.82) is 0 Å². The second-order valence-corrected chi connectivity index (χ2v) is 10.6. The van der Waals surface area contributed by atoms with Gasteiger partial charge in [0.15, 0.2) is 5.11 Å². The maximum Gasteiger partial charge on any atom is 0.232 e. The molecule has 2 fully saturated rings. The molecule has 2 aliphatic rings. The van der Waals surface area contributed by atoms with Gasteiger partial charge in [-0.1, -0.05) is 44.2 Å². The Morgan fingerprint density at radius 1 is 0.944 bits per heavy atom. The molecule has 2 N–H and O–H groups in total. The molecule has 0 spiro atoms. The Morgan fingerprint density at radius 3 is 2.19 bits per heavy atom. The van der Waals surface area contributed by atoms with E-state index < -0.39 is 0 Å². The third-order valence-corrected chi connectivity index (χ3v) is 7.28. The van der Waals surface area contributed by atoms with Gasteiger partial charge < -0.3 is 24.9 Å². The van der Waals surface area contributed by atoms with Crippen LogP contribution < -0.4 is 20.4 Å². The summed E-state index contributed by atoms with van der Waals surface area (Å²) in [6, 6.07) is 16.2. The first-order valence-electron chi connectivity index (χ1n) is 13.1. The highest BCUT2D eigenvalue weighted by Crippen LogP contribution is 2.28. The van der Waals surface area contributed by atoms with Crippen molar-refractivity contribution in [1.82, 2.24) is 15.3 Å². The number of thiocarbonyl (C=S) groups is 1. The van der Waals surface area contributed by atoms with Crippen LogP contribution in [-0.4, -0.2) is 41.3 Å². The molecule has 7 nitrogen and oxygen atoms in total. The van der Waals surface area contributed by atoms with E-state index in [0.29, 0.717) is 29.4 Å². The minimum atomic E-state index is 0.481. The lowest BCUT2D eigenvalue weighted by atomic mass is 10.00. The molecule has 0 aliphatic carbocycles. The molecule has 0 amide bonds. The van der Waals surface area contributed by atoms with Crippen molar-refractivity contribution in [2.24, 2.45) is 11.8 Å². The topological polar surface area (TPSA) is 69.5 Å². The summed E-state index contributed by atoms with van der Waals surface area (Å²) in [6.07, 6.45) is 4.93. The zero-order valence-electron chi connectivity index (χ0n) is 21.2. The van der Waals surface area contributed by atoms with Gasteiger partial charge in [0.25, 0.3) is 0 Å². The number of rotatable bonds is 6. The molecule has 2 saturated heterocycles. The van der Waals surface area contributed by atoms with Gasteiger partial charge in [-0.15, -0.1) is 0 Å². The average Bonchev–Trinajstić information content (AvgIpc) is 3.37. The van der Waals surface area contributed by atoms with Crippen LogP contribution in [-0.2, 0) is 6.54 Å². The molecular formula is C28H36N6OS. The van der Waals surface area contributed by atoms with Gasteiger partial charge in [-0.3, -0.25) is 0 Å². The van der Waals surface area contributed by atoms with Crippen LogP contribution >= 0.6 is 12.2 Å². The third kappa shape index (κ3) is 6.16. The minimum Gasteiger partial charge on any atom is -0.459 e. The number of furan rings is 1. The Kier molecular flexibility index (Phi) is 7.70.